The third-order valence-corrected chi connectivity index (χ3v) is 7.39. The topological polar surface area (TPSA) is 65.7 Å². The summed E-state index contributed by atoms with van der Waals surface area (Å²) in [6, 6.07) is 19.8. The molecule has 6 nitrogen and oxygen atoms in total. The van der Waals surface area contributed by atoms with Crippen molar-refractivity contribution in [2.45, 2.75) is 64.9 Å². The lowest BCUT2D eigenvalue weighted by atomic mass is 9.88. The molecule has 1 aromatic heterocycles. The largest absolute Gasteiger partial charge is 0.490 e. The summed E-state index contributed by atoms with van der Waals surface area (Å²) in [7, 11) is 0. The van der Waals surface area contributed by atoms with Crippen molar-refractivity contribution in [2.75, 3.05) is 6.61 Å². The molecule has 206 valence electrons. The van der Waals surface area contributed by atoms with Crippen molar-refractivity contribution in [3.8, 4) is 11.5 Å². The molecule has 1 fully saturated rings. The van der Waals surface area contributed by atoms with E-state index in [1.54, 1.807) is 6.21 Å². The first kappa shape index (κ1) is 27.4. The maximum absolute atomic E-state index is 13.6. The van der Waals surface area contributed by atoms with Crippen LogP contribution in [0.2, 0.25) is 0 Å². The lowest BCUT2D eigenvalue weighted by Crippen LogP contribution is -2.25. The lowest BCUT2D eigenvalue weighted by molar-refractivity contribution is 0.267. The van der Waals surface area contributed by atoms with Gasteiger partial charge in [-0.1, -0.05) is 67.3 Å². The van der Waals surface area contributed by atoms with Crippen molar-refractivity contribution < 1.29 is 9.47 Å². The van der Waals surface area contributed by atoms with Gasteiger partial charge in [0.05, 0.1) is 23.7 Å². The number of nitrogens with zero attached hydrogens (tertiary/aromatic N) is 3. The van der Waals surface area contributed by atoms with Crippen LogP contribution in [0.1, 0.15) is 73.0 Å². The third-order valence-electron chi connectivity index (χ3n) is 7.39. The van der Waals surface area contributed by atoms with E-state index in [2.05, 4.69) is 37.8 Å². The zero-order valence-corrected chi connectivity index (χ0v) is 23.4. The highest BCUT2D eigenvalue weighted by molar-refractivity contribution is 5.82. The van der Waals surface area contributed by atoms with E-state index in [1.165, 1.54) is 16.7 Å². The van der Waals surface area contributed by atoms with Gasteiger partial charge >= 0.3 is 0 Å². The lowest BCUT2D eigenvalue weighted by Gasteiger charge is -2.22. The molecule has 4 aromatic rings. The molecule has 0 N–H and O–H groups in total. The molecule has 0 amide bonds. The summed E-state index contributed by atoms with van der Waals surface area (Å²) in [4.78, 5) is 18.5. The van der Waals surface area contributed by atoms with Crippen molar-refractivity contribution in [3.63, 3.8) is 0 Å². The molecule has 1 heterocycles. The van der Waals surface area contributed by atoms with E-state index in [-0.39, 0.29) is 11.5 Å². The molecule has 1 aliphatic rings. The van der Waals surface area contributed by atoms with Crippen molar-refractivity contribution in [2.24, 2.45) is 5.10 Å². The molecule has 0 unspecified atom stereocenters. The standard InChI is InChI=1S/C34H37N3O3/c1-4-11-28-20-26(21-31(39-5-2)32(28)40-23-25-18-16-24(3)17-19-25)22-35-37-33(27-12-7-6-8-13-27)36-30-15-10-9-14-29(30)34(37)38/h4,9-10,14-22,27H,1,5-8,11-13,23H2,2-3H3. The zero-order valence-electron chi connectivity index (χ0n) is 23.4. The first-order valence-corrected chi connectivity index (χ1v) is 14.2. The molecule has 0 spiro atoms. The molecule has 1 aliphatic carbocycles. The quantitative estimate of drug-likeness (QED) is 0.157. The van der Waals surface area contributed by atoms with Gasteiger partial charge < -0.3 is 9.47 Å². The third kappa shape index (κ3) is 6.17. The van der Waals surface area contributed by atoms with E-state index >= 15 is 0 Å². The summed E-state index contributed by atoms with van der Waals surface area (Å²) in [6.07, 6.45) is 9.73. The van der Waals surface area contributed by atoms with E-state index in [4.69, 9.17) is 19.6 Å². The predicted molar refractivity (Wildman–Crippen MR) is 162 cm³/mol. The SMILES string of the molecule is C=CCc1cc(C=Nn2c(C3CCCCC3)nc3ccccc3c2=O)cc(OCC)c1OCc1ccc(C)cc1. The predicted octanol–water partition coefficient (Wildman–Crippen LogP) is 7.34. The number of benzene rings is 3. The van der Waals surface area contributed by atoms with Gasteiger partial charge in [-0.2, -0.15) is 9.78 Å². The number of rotatable bonds is 10. The van der Waals surface area contributed by atoms with Crippen LogP contribution in [-0.4, -0.2) is 22.5 Å². The van der Waals surface area contributed by atoms with Gasteiger partial charge in [0.2, 0.25) is 0 Å². The van der Waals surface area contributed by atoms with Crippen LogP contribution in [-0.2, 0) is 13.0 Å². The molecule has 3 aromatic carbocycles. The normalized spacial score (nSPS) is 14.1. The van der Waals surface area contributed by atoms with Crippen molar-refractivity contribution in [3.05, 3.63) is 112 Å². The van der Waals surface area contributed by atoms with Crippen LogP contribution in [0.3, 0.4) is 0 Å². The van der Waals surface area contributed by atoms with Gasteiger partial charge in [-0.15, -0.1) is 6.58 Å². The molecule has 0 saturated heterocycles. The van der Waals surface area contributed by atoms with Crippen LogP contribution in [0.5, 0.6) is 11.5 Å². The van der Waals surface area contributed by atoms with E-state index in [1.807, 2.05) is 49.4 Å². The molecule has 40 heavy (non-hydrogen) atoms. The van der Waals surface area contributed by atoms with Crippen LogP contribution in [0.25, 0.3) is 10.9 Å². The van der Waals surface area contributed by atoms with E-state index in [9.17, 15) is 4.79 Å². The average Bonchev–Trinajstić information content (AvgIpc) is 2.98. The summed E-state index contributed by atoms with van der Waals surface area (Å²) < 4.78 is 13.8. The van der Waals surface area contributed by atoms with Gasteiger partial charge in [0.15, 0.2) is 11.5 Å². The number of allylic oxidation sites excluding steroid dienone is 1. The Hall–Kier alpha value is -4.19. The summed E-state index contributed by atoms with van der Waals surface area (Å²) in [5, 5.41) is 5.30. The highest BCUT2D eigenvalue weighted by Gasteiger charge is 2.22. The molecule has 0 bridgehead atoms. The summed E-state index contributed by atoms with van der Waals surface area (Å²) in [5.41, 5.74) is 4.64. The van der Waals surface area contributed by atoms with E-state index in [0.717, 1.165) is 53.7 Å². The Labute approximate surface area is 236 Å². The van der Waals surface area contributed by atoms with Gasteiger partial charge in [0.1, 0.15) is 12.4 Å². The second kappa shape index (κ2) is 12.8. The molecule has 5 rings (SSSR count). The molecule has 0 radical (unpaired) electrons. The fourth-order valence-electron chi connectivity index (χ4n) is 5.33. The van der Waals surface area contributed by atoms with Crippen molar-refractivity contribution in [1.82, 2.24) is 9.66 Å². The fourth-order valence-corrected chi connectivity index (χ4v) is 5.33. The summed E-state index contributed by atoms with van der Waals surface area (Å²) in [6.45, 7) is 8.89. The summed E-state index contributed by atoms with van der Waals surface area (Å²) >= 11 is 0. The van der Waals surface area contributed by atoms with E-state index < -0.39 is 0 Å². The molecule has 0 atom stereocenters. The highest BCUT2D eigenvalue weighted by atomic mass is 16.5. The maximum atomic E-state index is 13.6. The van der Waals surface area contributed by atoms with E-state index in [0.29, 0.717) is 36.5 Å². The average molecular weight is 536 g/mol. The van der Waals surface area contributed by atoms with Crippen LogP contribution in [0.15, 0.2) is 83.2 Å². The number of ether oxygens (including phenoxy) is 2. The minimum absolute atomic E-state index is 0.142. The van der Waals surface area contributed by atoms with Gasteiger partial charge in [0, 0.05) is 11.5 Å². The first-order valence-electron chi connectivity index (χ1n) is 14.2. The van der Waals surface area contributed by atoms with Crippen molar-refractivity contribution >= 4 is 17.1 Å². The highest BCUT2D eigenvalue weighted by Crippen LogP contribution is 2.35. The number of aromatic nitrogens is 2. The smallest absolute Gasteiger partial charge is 0.282 e. The Morgan fingerprint density at radius 1 is 1.05 bits per heavy atom. The zero-order chi connectivity index (χ0) is 27.9. The summed E-state index contributed by atoms with van der Waals surface area (Å²) in [5.74, 6) is 2.31. The Morgan fingerprint density at radius 2 is 1.82 bits per heavy atom. The van der Waals surface area contributed by atoms with Crippen LogP contribution in [0.4, 0.5) is 0 Å². The van der Waals surface area contributed by atoms with Crippen LogP contribution in [0, 0.1) is 6.92 Å². The van der Waals surface area contributed by atoms with Crippen LogP contribution >= 0.6 is 0 Å². The molecular weight excluding hydrogens is 498 g/mol. The Kier molecular flexibility index (Phi) is 8.74. The van der Waals surface area contributed by atoms with Gasteiger partial charge in [-0.25, -0.2) is 4.98 Å². The Morgan fingerprint density at radius 3 is 2.58 bits per heavy atom. The molecule has 0 aliphatic heterocycles. The first-order chi connectivity index (χ1) is 19.6. The van der Waals surface area contributed by atoms with Crippen molar-refractivity contribution in [1.29, 1.82) is 0 Å². The Bertz CT molecular complexity index is 1560. The second-order valence-corrected chi connectivity index (χ2v) is 10.4. The number of hydrogen-bond donors (Lipinski definition) is 0. The Balaban J connectivity index is 1.53. The number of fused-ring (bicyclic) bond motifs is 1. The van der Waals surface area contributed by atoms with Gasteiger partial charge in [-0.05, 0) is 68.5 Å². The monoisotopic (exact) mass is 535 g/mol. The number of aryl methyl sites for hydroxylation is 1. The number of para-hydroxylation sites is 1. The minimum atomic E-state index is -0.142. The second-order valence-electron chi connectivity index (χ2n) is 10.4. The van der Waals surface area contributed by atoms with Crippen LogP contribution < -0.4 is 15.0 Å². The molecular formula is C34H37N3O3. The molecule has 6 heteroatoms. The fraction of sp³-hybridized carbons (Fsp3) is 0.324. The van der Waals surface area contributed by atoms with Gasteiger partial charge in [0.25, 0.3) is 5.56 Å². The molecule has 1 saturated carbocycles. The number of hydrogen-bond acceptors (Lipinski definition) is 5. The van der Waals surface area contributed by atoms with Gasteiger partial charge in [-0.3, -0.25) is 4.79 Å². The maximum Gasteiger partial charge on any atom is 0.282 e. The minimum Gasteiger partial charge on any atom is -0.490 e.